The third-order valence-electron chi connectivity index (χ3n) is 13.0. The first-order valence-electron chi connectivity index (χ1n) is 15.8. The van der Waals surface area contributed by atoms with Gasteiger partial charge in [-0.05, 0) is 104 Å². The Bertz CT molecular complexity index is 640. The second-order valence-electron chi connectivity index (χ2n) is 14.3. The Labute approximate surface area is 207 Å². The van der Waals surface area contributed by atoms with E-state index in [0.717, 1.165) is 53.3 Å². The molecule has 0 N–H and O–H groups in total. The fraction of sp³-hybridized carbons (Fsp3) is 0.938. The molecule has 0 aromatic carbocycles. The minimum Gasteiger partial charge on any atom is -0.103 e. The Kier molecular flexibility index (Phi) is 6.92. The summed E-state index contributed by atoms with van der Waals surface area (Å²) in [4.78, 5) is 0. The number of hydrogen-bond acceptors (Lipinski definition) is 0. The van der Waals surface area contributed by atoms with E-state index in [2.05, 4.69) is 19.2 Å². The number of hydrogen-bond donors (Lipinski definition) is 0. The Morgan fingerprint density at radius 2 is 0.939 bits per heavy atom. The van der Waals surface area contributed by atoms with Gasteiger partial charge in [0.05, 0.1) is 8.07 Å². The Morgan fingerprint density at radius 3 is 1.36 bits per heavy atom. The molecule has 0 amide bonds. The average molecular weight is 467 g/mol. The van der Waals surface area contributed by atoms with Crippen LogP contribution in [0.25, 0.3) is 0 Å². The fourth-order valence-electron chi connectivity index (χ4n) is 12.2. The minimum atomic E-state index is -1.34. The van der Waals surface area contributed by atoms with E-state index in [1.165, 1.54) is 12.0 Å². The Hall–Kier alpha value is -0.0431. The van der Waals surface area contributed by atoms with Crippen molar-refractivity contribution in [3.8, 4) is 0 Å². The molecule has 1 heteroatoms. The molecule has 9 unspecified atom stereocenters. The summed E-state index contributed by atoms with van der Waals surface area (Å²) in [7, 11) is -1.34. The van der Waals surface area contributed by atoms with Crippen LogP contribution in [0.4, 0.5) is 0 Å². The fourth-order valence-corrected chi connectivity index (χ4v) is 18.4. The van der Waals surface area contributed by atoms with Gasteiger partial charge in [-0.1, -0.05) is 88.9 Å². The van der Waals surface area contributed by atoms with Gasteiger partial charge >= 0.3 is 0 Å². The van der Waals surface area contributed by atoms with Crippen LogP contribution >= 0.6 is 0 Å². The molecule has 6 aliphatic rings. The first kappa shape index (κ1) is 23.4. The molecule has 6 aliphatic carbocycles. The van der Waals surface area contributed by atoms with Crippen molar-refractivity contribution < 1.29 is 0 Å². The highest BCUT2D eigenvalue weighted by Crippen LogP contribution is 2.66. The zero-order valence-corrected chi connectivity index (χ0v) is 23.0. The van der Waals surface area contributed by atoms with E-state index in [-0.39, 0.29) is 0 Å². The van der Waals surface area contributed by atoms with E-state index in [1.54, 1.807) is 115 Å². The largest absolute Gasteiger partial charge is 0.103 e. The van der Waals surface area contributed by atoms with Gasteiger partial charge in [0, 0.05) is 0 Å². The summed E-state index contributed by atoms with van der Waals surface area (Å²) in [5.41, 5.74) is 1.18. The molecular formula is C32H54Si. The van der Waals surface area contributed by atoms with E-state index in [9.17, 15) is 0 Å². The van der Waals surface area contributed by atoms with Crippen LogP contribution in [-0.2, 0) is 0 Å². The molecule has 186 valence electrons. The van der Waals surface area contributed by atoms with Gasteiger partial charge in [0.1, 0.15) is 0 Å². The van der Waals surface area contributed by atoms with Crippen LogP contribution in [0.15, 0.2) is 12.7 Å². The highest BCUT2D eigenvalue weighted by atomic mass is 28.3. The van der Waals surface area contributed by atoms with Crippen molar-refractivity contribution in [2.24, 2.45) is 53.3 Å². The molecule has 0 aliphatic heterocycles. The van der Waals surface area contributed by atoms with Gasteiger partial charge in [-0.15, -0.1) is 6.58 Å². The second-order valence-corrected chi connectivity index (χ2v) is 19.2. The van der Waals surface area contributed by atoms with Crippen molar-refractivity contribution >= 4 is 8.07 Å². The van der Waals surface area contributed by atoms with Gasteiger partial charge in [-0.3, -0.25) is 0 Å². The molecular weight excluding hydrogens is 412 g/mol. The lowest BCUT2D eigenvalue weighted by Gasteiger charge is -2.46. The summed E-state index contributed by atoms with van der Waals surface area (Å²) in [5, 5.41) is 0. The van der Waals surface area contributed by atoms with Gasteiger partial charge in [0.25, 0.3) is 0 Å². The molecule has 6 fully saturated rings. The maximum Gasteiger partial charge on any atom is 0.0547 e. The molecule has 9 atom stereocenters. The van der Waals surface area contributed by atoms with Crippen molar-refractivity contribution in [1.29, 1.82) is 0 Å². The standard InChI is InChI=1S/C32H54Si/c1-3-4-21-33(2,32-29-19-11-9-15-25(29)26-16-10-12-20-30(26)32)22-31-27-17-7-5-13-23(27)24-14-6-8-18-28(24)31/h3,23-32H,1,4-22H2,2H3. The third-order valence-corrected chi connectivity index (χ3v) is 18.3. The van der Waals surface area contributed by atoms with Crippen molar-refractivity contribution in [2.75, 3.05) is 0 Å². The lowest BCUT2D eigenvalue weighted by atomic mass is 9.73. The monoisotopic (exact) mass is 466 g/mol. The topological polar surface area (TPSA) is 0 Å². The van der Waals surface area contributed by atoms with Gasteiger partial charge in [-0.25, -0.2) is 0 Å². The summed E-state index contributed by atoms with van der Waals surface area (Å²) in [6.07, 6.45) is 28.9. The van der Waals surface area contributed by atoms with E-state index >= 15 is 0 Å². The van der Waals surface area contributed by atoms with Crippen molar-refractivity contribution in [3.05, 3.63) is 12.7 Å². The first-order valence-corrected chi connectivity index (χ1v) is 18.8. The van der Waals surface area contributed by atoms with Crippen LogP contribution < -0.4 is 0 Å². The summed E-state index contributed by atoms with van der Waals surface area (Å²) in [5.74, 6) is 10.2. The molecule has 0 heterocycles. The molecule has 0 aromatic rings. The first-order chi connectivity index (χ1) is 16.2. The predicted molar refractivity (Wildman–Crippen MR) is 145 cm³/mol. The molecule has 0 nitrogen and oxygen atoms in total. The second kappa shape index (κ2) is 9.78. The number of fused-ring (bicyclic) bond motifs is 6. The van der Waals surface area contributed by atoms with Gasteiger partial charge in [0.15, 0.2) is 0 Å². The van der Waals surface area contributed by atoms with Crippen LogP contribution in [-0.4, -0.2) is 8.07 Å². The van der Waals surface area contributed by atoms with Gasteiger partial charge < -0.3 is 0 Å². The lowest BCUT2D eigenvalue weighted by molar-refractivity contribution is 0.184. The molecule has 0 saturated heterocycles. The molecule has 33 heavy (non-hydrogen) atoms. The zero-order chi connectivity index (χ0) is 22.4. The SMILES string of the molecule is C=CCC[Si](C)(CC1C2CCCCC2C2CCCCC21)C1C2CCCCC2C2CCCCC21. The van der Waals surface area contributed by atoms with Crippen LogP contribution in [0.5, 0.6) is 0 Å². The predicted octanol–water partition coefficient (Wildman–Crippen LogP) is 9.88. The molecule has 0 radical (unpaired) electrons. The average Bonchev–Trinajstić information content (AvgIpc) is 3.37. The van der Waals surface area contributed by atoms with Crippen LogP contribution in [0.3, 0.4) is 0 Å². The molecule has 6 saturated carbocycles. The number of rotatable bonds is 6. The van der Waals surface area contributed by atoms with Crippen molar-refractivity contribution in [1.82, 2.24) is 0 Å². The van der Waals surface area contributed by atoms with E-state index < -0.39 is 8.07 Å². The highest BCUT2D eigenvalue weighted by Gasteiger charge is 2.59. The normalized spacial score (nSPS) is 48.8. The maximum absolute atomic E-state index is 4.24. The molecule has 6 rings (SSSR count). The smallest absolute Gasteiger partial charge is 0.0547 e. The number of allylic oxidation sites excluding steroid dienone is 1. The van der Waals surface area contributed by atoms with E-state index in [4.69, 9.17) is 0 Å². The third kappa shape index (κ3) is 4.07. The Morgan fingerprint density at radius 1 is 0.576 bits per heavy atom. The Balaban J connectivity index is 1.32. The molecule has 0 aromatic heterocycles. The zero-order valence-electron chi connectivity index (χ0n) is 22.0. The summed E-state index contributed by atoms with van der Waals surface area (Å²) in [6, 6.07) is 3.32. The maximum atomic E-state index is 4.24. The van der Waals surface area contributed by atoms with Gasteiger partial charge in [0.2, 0.25) is 0 Å². The van der Waals surface area contributed by atoms with Crippen LogP contribution in [0.2, 0.25) is 24.2 Å². The van der Waals surface area contributed by atoms with E-state index in [1.807, 2.05) is 0 Å². The summed E-state index contributed by atoms with van der Waals surface area (Å²) in [6.45, 7) is 7.22. The quantitative estimate of drug-likeness (QED) is 0.270. The molecule has 0 spiro atoms. The van der Waals surface area contributed by atoms with Crippen molar-refractivity contribution in [2.45, 2.75) is 133 Å². The van der Waals surface area contributed by atoms with Gasteiger partial charge in [-0.2, -0.15) is 0 Å². The lowest BCUT2D eigenvalue weighted by Crippen LogP contribution is -2.45. The summed E-state index contributed by atoms with van der Waals surface area (Å²) >= 11 is 0. The van der Waals surface area contributed by atoms with Crippen LogP contribution in [0.1, 0.15) is 109 Å². The van der Waals surface area contributed by atoms with Crippen LogP contribution in [0, 0.1) is 53.3 Å². The van der Waals surface area contributed by atoms with E-state index in [0.29, 0.717) is 0 Å². The highest BCUT2D eigenvalue weighted by molar-refractivity contribution is 6.80. The minimum absolute atomic E-state index is 1.13. The molecule has 0 bridgehead atoms. The van der Waals surface area contributed by atoms with Crippen molar-refractivity contribution in [3.63, 3.8) is 0 Å². The summed E-state index contributed by atoms with van der Waals surface area (Å²) < 4.78 is 0.